The monoisotopic (exact) mass is 509 g/mol. The highest BCUT2D eigenvalue weighted by atomic mass is 35.5. The van der Waals surface area contributed by atoms with Crippen LogP contribution in [0.5, 0.6) is 5.75 Å². The van der Waals surface area contributed by atoms with Gasteiger partial charge in [-0.1, -0.05) is 23.7 Å². The number of anilines is 1. The van der Waals surface area contributed by atoms with E-state index in [0.717, 1.165) is 36.9 Å². The van der Waals surface area contributed by atoms with Crippen LogP contribution in [-0.2, 0) is 20.7 Å². The Bertz CT molecular complexity index is 1220. The van der Waals surface area contributed by atoms with Gasteiger partial charge >= 0.3 is 5.97 Å². The number of pyridine rings is 2. The number of aromatic nitrogens is 2. The van der Waals surface area contributed by atoms with Crippen LogP contribution in [0.1, 0.15) is 57.7 Å². The zero-order valence-electron chi connectivity index (χ0n) is 21.1. The summed E-state index contributed by atoms with van der Waals surface area (Å²) < 4.78 is 11.0. The van der Waals surface area contributed by atoms with E-state index in [4.69, 9.17) is 21.1 Å². The Morgan fingerprint density at radius 2 is 2.00 bits per heavy atom. The molecule has 1 amide bonds. The molecule has 0 aromatic carbocycles. The third kappa shape index (κ3) is 4.73. The summed E-state index contributed by atoms with van der Waals surface area (Å²) in [6.07, 6.45) is 9.48. The summed E-state index contributed by atoms with van der Waals surface area (Å²) in [5.74, 6) is 1.90. The van der Waals surface area contributed by atoms with Gasteiger partial charge in [0.25, 0.3) is 0 Å². The van der Waals surface area contributed by atoms with Crippen LogP contribution in [0.25, 0.3) is 5.57 Å². The minimum absolute atomic E-state index is 0.0106. The fourth-order valence-electron chi connectivity index (χ4n) is 6.18. The van der Waals surface area contributed by atoms with E-state index in [2.05, 4.69) is 21.4 Å². The number of nitrogens with zero attached hydrogens (tertiary/aromatic N) is 2. The molecule has 190 valence electrons. The van der Waals surface area contributed by atoms with E-state index in [9.17, 15) is 9.59 Å². The first kappa shape index (κ1) is 24.8. The fourth-order valence-corrected chi connectivity index (χ4v) is 6.36. The second kappa shape index (κ2) is 9.18. The summed E-state index contributed by atoms with van der Waals surface area (Å²) in [5, 5.41) is 3.15. The number of hydrogen-bond donors (Lipinski definition) is 1. The molecule has 3 aliphatic carbocycles. The first-order chi connectivity index (χ1) is 17.1. The van der Waals surface area contributed by atoms with Crippen LogP contribution in [0.3, 0.4) is 0 Å². The molecule has 2 heterocycles. The van der Waals surface area contributed by atoms with E-state index >= 15 is 0 Å². The molecule has 5 rings (SSSR count). The molecule has 2 aromatic heterocycles. The van der Waals surface area contributed by atoms with Crippen LogP contribution >= 0.6 is 11.6 Å². The van der Waals surface area contributed by atoms with E-state index in [1.54, 1.807) is 12.3 Å². The maximum Gasteiger partial charge on any atom is 0.312 e. The van der Waals surface area contributed by atoms with Gasteiger partial charge in [0.2, 0.25) is 5.91 Å². The lowest BCUT2D eigenvalue weighted by Gasteiger charge is -2.50. The van der Waals surface area contributed by atoms with Gasteiger partial charge in [0.05, 0.1) is 30.8 Å². The summed E-state index contributed by atoms with van der Waals surface area (Å²) >= 11 is 5.99. The zero-order chi connectivity index (χ0) is 25.7. The molecule has 2 bridgehead atoms. The number of allylic oxidation sites excluding steroid dienone is 2. The van der Waals surface area contributed by atoms with Crippen molar-refractivity contribution in [2.24, 2.45) is 23.2 Å². The van der Waals surface area contributed by atoms with Gasteiger partial charge in [-0.15, -0.1) is 0 Å². The van der Waals surface area contributed by atoms with Gasteiger partial charge in [0.1, 0.15) is 22.2 Å². The lowest BCUT2D eigenvalue weighted by Crippen LogP contribution is -2.52. The van der Waals surface area contributed by atoms with Crippen LogP contribution in [0.4, 0.5) is 5.82 Å². The summed E-state index contributed by atoms with van der Waals surface area (Å²) in [4.78, 5) is 34.3. The SMILES string of the molecule is COc1cc(NC(=O)Cc2ccc(C3=CC4CC5C(C3)CC5(C(=O)OC(C)(C)C)C4)nc2)ncc1Cl. The number of methoxy groups -OCH3 is 1. The lowest BCUT2D eigenvalue weighted by molar-refractivity contribution is -0.183. The van der Waals surface area contributed by atoms with Gasteiger partial charge in [0.15, 0.2) is 0 Å². The molecule has 1 N–H and O–H groups in total. The van der Waals surface area contributed by atoms with Gasteiger partial charge in [-0.25, -0.2) is 4.98 Å². The number of carbonyl (C=O) groups excluding carboxylic acids is 2. The molecule has 8 heteroatoms. The number of amides is 1. The van der Waals surface area contributed by atoms with Crippen molar-refractivity contribution in [3.8, 4) is 5.75 Å². The first-order valence-electron chi connectivity index (χ1n) is 12.4. The number of nitrogens with one attached hydrogen (secondary N) is 1. The molecule has 2 fully saturated rings. The number of rotatable bonds is 6. The molecule has 0 aliphatic heterocycles. The molecule has 7 nitrogen and oxygen atoms in total. The number of carbonyl (C=O) groups is 2. The molecular formula is C28H32ClN3O4. The van der Waals surface area contributed by atoms with Gasteiger partial charge in [-0.3, -0.25) is 14.6 Å². The number of hydrogen-bond acceptors (Lipinski definition) is 6. The summed E-state index contributed by atoms with van der Waals surface area (Å²) in [6, 6.07) is 5.54. The normalized spacial score (nSPS) is 26.4. The Kier molecular flexibility index (Phi) is 6.31. The van der Waals surface area contributed by atoms with Crippen molar-refractivity contribution in [3.63, 3.8) is 0 Å². The Balaban J connectivity index is 1.23. The number of ether oxygens (including phenoxy) is 2. The van der Waals surface area contributed by atoms with E-state index < -0.39 is 5.60 Å². The Morgan fingerprint density at radius 3 is 2.69 bits per heavy atom. The van der Waals surface area contributed by atoms with Crippen molar-refractivity contribution >= 4 is 34.9 Å². The molecule has 36 heavy (non-hydrogen) atoms. The van der Waals surface area contributed by atoms with E-state index in [1.165, 1.54) is 18.9 Å². The molecular weight excluding hydrogens is 478 g/mol. The van der Waals surface area contributed by atoms with E-state index in [0.29, 0.717) is 34.3 Å². The van der Waals surface area contributed by atoms with Gasteiger partial charge < -0.3 is 14.8 Å². The minimum Gasteiger partial charge on any atom is -0.495 e. The second-order valence-corrected chi connectivity index (χ2v) is 11.7. The zero-order valence-corrected chi connectivity index (χ0v) is 21.9. The Morgan fingerprint density at radius 1 is 1.19 bits per heavy atom. The smallest absolute Gasteiger partial charge is 0.312 e. The number of esters is 1. The topological polar surface area (TPSA) is 90.4 Å². The maximum atomic E-state index is 13.0. The molecule has 4 unspecified atom stereocenters. The average Bonchev–Trinajstić information content (AvgIpc) is 2.99. The Labute approximate surface area is 216 Å². The highest BCUT2D eigenvalue weighted by Gasteiger charge is 2.64. The van der Waals surface area contributed by atoms with Gasteiger partial charge in [-0.2, -0.15) is 0 Å². The summed E-state index contributed by atoms with van der Waals surface area (Å²) in [6.45, 7) is 5.81. The quantitative estimate of drug-likeness (QED) is 0.518. The largest absolute Gasteiger partial charge is 0.495 e. The predicted octanol–water partition coefficient (Wildman–Crippen LogP) is 5.48. The van der Waals surface area contributed by atoms with Crippen molar-refractivity contribution in [3.05, 3.63) is 52.9 Å². The van der Waals surface area contributed by atoms with E-state index in [-0.39, 0.29) is 23.7 Å². The maximum absolute atomic E-state index is 13.0. The third-order valence-corrected chi connectivity index (χ3v) is 7.92. The molecule has 0 radical (unpaired) electrons. The number of halogens is 1. The molecule has 2 saturated carbocycles. The molecule has 0 spiro atoms. The molecule has 0 saturated heterocycles. The van der Waals surface area contributed by atoms with Crippen LogP contribution < -0.4 is 10.1 Å². The van der Waals surface area contributed by atoms with Crippen LogP contribution in [-0.4, -0.2) is 34.6 Å². The van der Waals surface area contributed by atoms with E-state index in [1.807, 2.05) is 32.9 Å². The van der Waals surface area contributed by atoms with Crippen LogP contribution in [0, 0.1) is 23.2 Å². The average molecular weight is 510 g/mol. The second-order valence-electron chi connectivity index (χ2n) is 11.3. The fraction of sp³-hybridized carbons (Fsp3) is 0.500. The van der Waals surface area contributed by atoms with Crippen molar-refractivity contribution in [1.29, 1.82) is 0 Å². The van der Waals surface area contributed by atoms with Crippen molar-refractivity contribution in [2.75, 3.05) is 12.4 Å². The molecule has 3 aliphatic rings. The Hall–Kier alpha value is -2.93. The van der Waals surface area contributed by atoms with Crippen LogP contribution in [0.2, 0.25) is 5.02 Å². The lowest BCUT2D eigenvalue weighted by atomic mass is 9.53. The third-order valence-electron chi connectivity index (χ3n) is 7.64. The predicted molar refractivity (Wildman–Crippen MR) is 138 cm³/mol. The highest BCUT2D eigenvalue weighted by molar-refractivity contribution is 6.32. The molecule has 2 aromatic rings. The summed E-state index contributed by atoms with van der Waals surface area (Å²) in [5.41, 5.74) is 2.27. The first-order valence-corrected chi connectivity index (χ1v) is 12.8. The van der Waals surface area contributed by atoms with Gasteiger partial charge in [-0.05, 0) is 81.4 Å². The highest BCUT2D eigenvalue weighted by Crippen LogP contribution is 2.67. The standard InChI is InChI=1S/C28H32ClN3O4/c1-27(2,3)36-26(34)28-12-17-7-18(10-19(13-28)20(28)8-17)22-6-5-16(14-30-22)9-25(33)32-24-11-23(35-4)21(29)15-31-24/h5-7,11,14-15,17,19-20H,8-10,12-13H2,1-4H3,(H,31,32,33). The van der Waals surface area contributed by atoms with Crippen molar-refractivity contribution in [1.82, 2.24) is 9.97 Å². The minimum atomic E-state index is -0.453. The van der Waals surface area contributed by atoms with Crippen LogP contribution in [0.15, 0.2) is 36.7 Å². The summed E-state index contributed by atoms with van der Waals surface area (Å²) in [7, 11) is 1.51. The number of fused-ring (bicyclic) bond motifs is 1. The van der Waals surface area contributed by atoms with Crippen molar-refractivity contribution < 1.29 is 19.1 Å². The van der Waals surface area contributed by atoms with Crippen molar-refractivity contribution in [2.45, 2.75) is 58.5 Å². The molecule has 4 atom stereocenters. The van der Waals surface area contributed by atoms with Gasteiger partial charge in [0, 0.05) is 12.3 Å².